The summed E-state index contributed by atoms with van der Waals surface area (Å²) in [5.74, 6) is -0.294. The summed E-state index contributed by atoms with van der Waals surface area (Å²) in [5.41, 5.74) is 2.09. The zero-order chi connectivity index (χ0) is 12.0. The van der Waals surface area contributed by atoms with E-state index in [2.05, 4.69) is 5.32 Å². The first-order valence-electron chi connectivity index (χ1n) is 5.14. The average Bonchev–Trinajstić information content (AvgIpc) is 2.27. The minimum absolute atomic E-state index is 0.112. The number of rotatable bonds is 4. The van der Waals surface area contributed by atoms with Crippen LogP contribution in [0.1, 0.15) is 18.1 Å². The molecule has 86 valence electrons. The molecule has 0 unspecified atom stereocenters. The maximum absolute atomic E-state index is 11.1. The van der Waals surface area contributed by atoms with Crippen LogP contribution >= 0.6 is 12.2 Å². The van der Waals surface area contributed by atoms with Crippen LogP contribution in [0.2, 0.25) is 0 Å². The second kappa shape index (κ2) is 6.23. The molecule has 1 aromatic carbocycles. The predicted octanol–water partition coefficient (Wildman–Crippen LogP) is 1.82. The van der Waals surface area contributed by atoms with E-state index < -0.39 is 0 Å². The van der Waals surface area contributed by atoms with E-state index in [-0.39, 0.29) is 12.5 Å². The molecule has 16 heavy (non-hydrogen) atoms. The van der Waals surface area contributed by atoms with Gasteiger partial charge in [0.1, 0.15) is 11.5 Å². The quantitative estimate of drug-likeness (QED) is 0.640. The van der Waals surface area contributed by atoms with Gasteiger partial charge in [0, 0.05) is 5.56 Å². The second-order valence-electron chi connectivity index (χ2n) is 3.35. The largest absolute Gasteiger partial charge is 0.465 e. The molecule has 4 heteroatoms. The fraction of sp³-hybridized carbons (Fsp3) is 0.333. The highest BCUT2D eigenvalue weighted by atomic mass is 32.1. The maximum Gasteiger partial charge on any atom is 0.325 e. The standard InChI is InChI=1S/C12H15NO2S/c1-3-15-11(14)8-13-12(16)10-6-4-9(2)5-7-10/h4-7H,3,8H2,1-2H3,(H,13,16). The first-order valence-corrected chi connectivity index (χ1v) is 5.54. The molecule has 1 N–H and O–H groups in total. The number of benzene rings is 1. The van der Waals surface area contributed by atoms with Crippen molar-refractivity contribution >= 4 is 23.2 Å². The Hall–Kier alpha value is -1.42. The van der Waals surface area contributed by atoms with Crippen LogP contribution < -0.4 is 5.32 Å². The minimum Gasteiger partial charge on any atom is -0.465 e. The van der Waals surface area contributed by atoms with Gasteiger partial charge in [-0.2, -0.15) is 0 Å². The van der Waals surface area contributed by atoms with E-state index in [1.54, 1.807) is 6.92 Å². The van der Waals surface area contributed by atoms with Crippen molar-refractivity contribution in [3.05, 3.63) is 35.4 Å². The average molecular weight is 237 g/mol. The third-order valence-electron chi connectivity index (χ3n) is 2.01. The highest BCUT2D eigenvalue weighted by molar-refractivity contribution is 7.80. The Morgan fingerprint density at radius 3 is 2.56 bits per heavy atom. The van der Waals surface area contributed by atoms with Crippen LogP contribution in [0.25, 0.3) is 0 Å². The van der Waals surface area contributed by atoms with E-state index >= 15 is 0 Å². The molecule has 1 rings (SSSR count). The number of thiocarbonyl (C=S) groups is 1. The number of carbonyl (C=O) groups is 1. The Kier molecular flexibility index (Phi) is 4.92. The lowest BCUT2D eigenvalue weighted by atomic mass is 10.1. The van der Waals surface area contributed by atoms with Crippen LogP contribution in [0.4, 0.5) is 0 Å². The first-order chi connectivity index (χ1) is 7.63. The number of esters is 1. The Morgan fingerprint density at radius 1 is 1.38 bits per heavy atom. The molecule has 0 aromatic heterocycles. The summed E-state index contributed by atoms with van der Waals surface area (Å²) in [6, 6.07) is 7.81. The zero-order valence-corrected chi connectivity index (χ0v) is 10.3. The summed E-state index contributed by atoms with van der Waals surface area (Å²) in [5, 5.41) is 2.86. The number of carbonyl (C=O) groups excluding carboxylic acids is 1. The number of ether oxygens (including phenoxy) is 1. The molecule has 0 fully saturated rings. The summed E-state index contributed by atoms with van der Waals surface area (Å²) in [6.45, 7) is 4.29. The Morgan fingerprint density at radius 2 is 2.00 bits per heavy atom. The summed E-state index contributed by atoms with van der Waals surface area (Å²) >= 11 is 5.15. The van der Waals surface area contributed by atoms with Gasteiger partial charge in [0.2, 0.25) is 0 Å². The van der Waals surface area contributed by atoms with Gasteiger partial charge in [-0.1, -0.05) is 42.0 Å². The third-order valence-corrected chi connectivity index (χ3v) is 2.39. The first kappa shape index (κ1) is 12.6. The number of nitrogens with one attached hydrogen (secondary N) is 1. The van der Waals surface area contributed by atoms with Gasteiger partial charge < -0.3 is 10.1 Å². The van der Waals surface area contributed by atoms with Gasteiger partial charge in [-0.25, -0.2) is 0 Å². The van der Waals surface area contributed by atoms with Gasteiger partial charge in [-0.05, 0) is 13.8 Å². The van der Waals surface area contributed by atoms with E-state index in [9.17, 15) is 4.79 Å². The molecule has 0 saturated carbocycles. The van der Waals surface area contributed by atoms with Crippen LogP contribution in [0.3, 0.4) is 0 Å². The van der Waals surface area contributed by atoms with Crippen molar-refractivity contribution in [3.63, 3.8) is 0 Å². The van der Waals surface area contributed by atoms with Gasteiger partial charge in [0.05, 0.1) is 6.61 Å². The fourth-order valence-corrected chi connectivity index (χ4v) is 1.38. The highest BCUT2D eigenvalue weighted by Crippen LogP contribution is 2.03. The van der Waals surface area contributed by atoms with Gasteiger partial charge in [0.25, 0.3) is 0 Å². The molecule has 0 amide bonds. The summed E-state index contributed by atoms with van der Waals surface area (Å²) in [6.07, 6.45) is 0. The molecule has 0 aliphatic rings. The van der Waals surface area contributed by atoms with Crippen molar-refractivity contribution in [2.24, 2.45) is 0 Å². The molecule has 0 bridgehead atoms. The topological polar surface area (TPSA) is 38.3 Å². The monoisotopic (exact) mass is 237 g/mol. The SMILES string of the molecule is CCOC(=O)CNC(=S)c1ccc(C)cc1. The lowest BCUT2D eigenvalue weighted by molar-refractivity contribution is -0.141. The van der Waals surface area contributed by atoms with Crippen LogP contribution in [0.5, 0.6) is 0 Å². The Bertz CT molecular complexity index is 373. The van der Waals surface area contributed by atoms with Gasteiger partial charge in [0.15, 0.2) is 0 Å². The second-order valence-corrected chi connectivity index (χ2v) is 3.76. The highest BCUT2D eigenvalue weighted by Gasteiger charge is 2.04. The summed E-state index contributed by atoms with van der Waals surface area (Å²) in [7, 11) is 0. The lowest BCUT2D eigenvalue weighted by Crippen LogP contribution is -2.29. The Labute approximate surface area is 101 Å². The van der Waals surface area contributed by atoms with Crippen LogP contribution in [0.15, 0.2) is 24.3 Å². The number of aryl methyl sites for hydroxylation is 1. The van der Waals surface area contributed by atoms with Crippen LogP contribution in [0, 0.1) is 6.92 Å². The molecule has 0 radical (unpaired) electrons. The molecular formula is C12H15NO2S. The van der Waals surface area contributed by atoms with Gasteiger partial charge in [-0.15, -0.1) is 0 Å². The molecule has 1 aromatic rings. The summed E-state index contributed by atoms with van der Waals surface area (Å²) in [4.78, 5) is 11.7. The third kappa shape index (κ3) is 3.98. The van der Waals surface area contributed by atoms with Crippen molar-refractivity contribution in [1.82, 2.24) is 5.32 Å². The van der Waals surface area contributed by atoms with E-state index in [0.29, 0.717) is 11.6 Å². The fourth-order valence-electron chi connectivity index (χ4n) is 1.17. The molecule has 0 saturated heterocycles. The molecule has 0 atom stereocenters. The van der Waals surface area contributed by atoms with E-state index in [0.717, 1.165) is 5.56 Å². The molecule has 0 spiro atoms. The molecule has 0 aliphatic carbocycles. The maximum atomic E-state index is 11.1. The van der Waals surface area contributed by atoms with Crippen molar-refractivity contribution in [2.75, 3.05) is 13.2 Å². The van der Waals surface area contributed by atoms with Gasteiger partial charge >= 0.3 is 5.97 Å². The van der Waals surface area contributed by atoms with Crippen LogP contribution in [-0.4, -0.2) is 24.1 Å². The minimum atomic E-state index is -0.294. The Balaban J connectivity index is 2.47. The summed E-state index contributed by atoms with van der Waals surface area (Å²) < 4.78 is 4.79. The van der Waals surface area contributed by atoms with E-state index in [1.807, 2.05) is 31.2 Å². The van der Waals surface area contributed by atoms with Crippen LogP contribution in [-0.2, 0) is 9.53 Å². The lowest BCUT2D eigenvalue weighted by Gasteiger charge is -2.07. The van der Waals surface area contributed by atoms with Crippen molar-refractivity contribution in [3.8, 4) is 0 Å². The van der Waals surface area contributed by atoms with Crippen molar-refractivity contribution in [2.45, 2.75) is 13.8 Å². The van der Waals surface area contributed by atoms with E-state index in [1.165, 1.54) is 5.56 Å². The smallest absolute Gasteiger partial charge is 0.325 e. The normalized spacial score (nSPS) is 9.62. The molecule has 3 nitrogen and oxygen atoms in total. The number of hydrogen-bond donors (Lipinski definition) is 1. The van der Waals surface area contributed by atoms with Crippen molar-refractivity contribution < 1.29 is 9.53 Å². The molecule has 0 heterocycles. The van der Waals surface area contributed by atoms with E-state index in [4.69, 9.17) is 17.0 Å². The van der Waals surface area contributed by atoms with Crippen molar-refractivity contribution in [1.29, 1.82) is 0 Å². The molecule has 0 aliphatic heterocycles. The number of hydrogen-bond acceptors (Lipinski definition) is 3. The van der Waals surface area contributed by atoms with Gasteiger partial charge in [-0.3, -0.25) is 4.79 Å². The predicted molar refractivity (Wildman–Crippen MR) is 67.5 cm³/mol. The zero-order valence-electron chi connectivity index (χ0n) is 9.45. The molecular weight excluding hydrogens is 222 g/mol.